The second-order valence-corrected chi connectivity index (χ2v) is 6.65. The monoisotopic (exact) mass is 332 g/mol. The van der Waals surface area contributed by atoms with E-state index < -0.39 is 0 Å². The molecule has 0 radical (unpaired) electrons. The van der Waals surface area contributed by atoms with Crippen LogP contribution in [0, 0.1) is 0 Å². The first-order valence-electron chi connectivity index (χ1n) is 6.29. The van der Waals surface area contributed by atoms with Crippen molar-refractivity contribution in [2.75, 3.05) is 13.1 Å². The molecule has 0 amide bonds. The Bertz CT molecular complexity index is 375. The zero-order valence-corrected chi connectivity index (χ0v) is 13.7. The average Bonchev–Trinajstić information content (AvgIpc) is 2.27. The highest BCUT2D eigenvalue weighted by Crippen LogP contribution is 2.25. The molecule has 0 spiro atoms. The molecule has 0 fully saturated rings. The standard InChI is InChI=1S/C14H22BrClN2/c1-14(2,3)18-9-5-8-17-10-11-6-4-7-12(15)13(11)16/h4,6-7,17-18H,5,8-10H2,1-3H3. The maximum Gasteiger partial charge on any atom is 0.0592 e. The Hall–Kier alpha value is -0.0900. The van der Waals surface area contributed by atoms with Gasteiger partial charge in [-0.05, 0) is 67.8 Å². The van der Waals surface area contributed by atoms with Crippen LogP contribution in [0.3, 0.4) is 0 Å². The first-order valence-corrected chi connectivity index (χ1v) is 7.46. The third-order valence-corrected chi connectivity index (χ3v) is 3.87. The molecule has 18 heavy (non-hydrogen) atoms. The van der Waals surface area contributed by atoms with Gasteiger partial charge in [0.05, 0.1) is 5.02 Å². The molecule has 102 valence electrons. The summed E-state index contributed by atoms with van der Waals surface area (Å²) in [6, 6.07) is 6.01. The van der Waals surface area contributed by atoms with Crippen molar-refractivity contribution in [1.29, 1.82) is 0 Å². The third kappa shape index (κ3) is 6.19. The molecular formula is C14H22BrClN2. The fourth-order valence-corrected chi connectivity index (χ4v) is 2.18. The van der Waals surface area contributed by atoms with Crippen LogP contribution in [0.4, 0.5) is 0 Å². The van der Waals surface area contributed by atoms with Crippen LogP contribution in [-0.4, -0.2) is 18.6 Å². The fraction of sp³-hybridized carbons (Fsp3) is 0.571. The van der Waals surface area contributed by atoms with Crippen LogP contribution in [0.5, 0.6) is 0 Å². The lowest BCUT2D eigenvalue weighted by Gasteiger charge is -2.20. The second kappa shape index (κ2) is 7.49. The predicted molar refractivity (Wildman–Crippen MR) is 83.2 cm³/mol. The summed E-state index contributed by atoms with van der Waals surface area (Å²) < 4.78 is 0.956. The minimum atomic E-state index is 0.202. The molecule has 1 aromatic rings. The van der Waals surface area contributed by atoms with Gasteiger partial charge in [0.1, 0.15) is 0 Å². The van der Waals surface area contributed by atoms with Crippen molar-refractivity contribution < 1.29 is 0 Å². The summed E-state index contributed by atoms with van der Waals surface area (Å²) in [7, 11) is 0. The lowest BCUT2D eigenvalue weighted by Crippen LogP contribution is -2.37. The number of hydrogen-bond acceptors (Lipinski definition) is 2. The van der Waals surface area contributed by atoms with E-state index in [1.165, 1.54) is 0 Å². The van der Waals surface area contributed by atoms with Crippen LogP contribution in [-0.2, 0) is 6.54 Å². The van der Waals surface area contributed by atoms with Crippen LogP contribution in [0.2, 0.25) is 5.02 Å². The molecule has 0 atom stereocenters. The highest BCUT2D eigenvalue weighted by molar-refractivity contribution is 9.10. The van der Waals surface area contributed by atoms with Crippen LogP contribution < -0.4 is 10.6 Å². The van der Waals surface area contributed by atoms with Crippen LogP contribution in [0.25, 0.3) is 0 Å². The average molecular weight is 334 g/mol. The van der Waals surface area contributed by atoms with E-state index in [2.05, 4.69) is 47.3 Å². The van der Waals surface area contributed by atoms with Crippen molar-refractivity contribution in [2.45, 2.75) is 39.3 Å². The molecule has 1 aromatic carbocycles. The number of halogens is 2. The van der Waals surface area contributed by atoms with Gasteiger partial charge in [-0.2, -0.15) is 0 Å². The van der Waals surface area contributed by atoms with E-state index in [-0.39, 0.29) is 5.54 Å². The Morgan fingerprint density at radius 3 is 2.61 bits per heavy atom. The van der Waals surface area contributed by atoms with Gasteiger partial charge in [0, 0.05) is 16.6 Å². The molecule has 2 N–H and O–H groups in total. The number of hydrogen-bond donors (Lipinski definition) is 2. The van der Waals surface area contributed by atoms with Gasteiger partial charge in [0.15, 0.2) is 0 Å². The molecular weight excluding hydrogens is 312 g/mol. The first kappa shape index (κ1) is 16.0. The van der Waals surface area contributed by atoms with Crippen LogP contribution in [0.1, 0.15) is 32.8 Å². The quantitative estimate of drug-likeness (QED) is 0.770. The third-order valence-electron chi connectivity index (χ3n) is 2.53. The minimum absolute atomic E-state index is 0.202. The summed E-state index contributed by atoms with van der Waals surface area (Å²) in [6.07, 6.45) is 1.11. The Balaban J connectivity index is 2.20. The van der Waals surface area contributed by atoms with Crippen LogP contribution >= 0.6 is 27.5 Å². The smallest absolute Gasteiger partial charge is 0.0592 e. The molecule has 2 nitrogen and oxygen atoms in total. The molecule has 0 saturated carbocycles. The van der Waals surface area contributed by atoms with E-state index in [4.69, 9.17) is 11.6 Å². The zero-order chi connectivity index (χ0) is 13.6. The largest absolute Gasteiger partial charge is 0.313 e. The summed E-state index contributed by atoms with van der Waals surface area (Å²) in [6.45, 7) is 9.38. The van der Waals surface area contributed by atoms with Gasteiger partial charge >= 0.3 is 0 Å². The molecule has 1 rings (SSSR count). The van der Waals surface area contributed by atoms with Gasteiger partial charge in [-0.1, -0.05) is 23.7 Å². The Morgan fingerprint density at radius 1 is 1.22 bits per heavy atom. The summed E-state index contributed by atoms with van der Waals surface area (Å²) >= 11 is 9.63. The molecule has 4 heteroatoms. The maximum atomic E-state index is 6.19. The van der Waals surface area contributed by atoms with Gasteiger partial charge in [-0.25, -0.2) is 0 Å². The highest BCUT2D eigenvalue weighted by atomic mass is 79.9. The SMILES string of the molecule is CC(C)(C)NCCCNCc1cccc(Br)c1Cl. The van der Waals surface area contributed by atoms with Crippen molar-refractivity contribution in [3.63, 3.8) is 0 Å². The van der Waals surface area contributed by atoms with E-state index >= 15 is 0 Å². The normalized spacial score (nSPS) is 11.8. The molecule has 0 unspecified atom stereocenters. The van der Waals surface area contributed by atoms with E-state index in [0.717, 1.165) is 41.1 Å². The van der Waals surface area contributed by atoms with Crippen molar-refractivity contribution in [3.05, 3.63) is 33.3 Å². The van der Waals surface area contributed by atoms with E-state index in [1.807, 2.05) is 18.2 Å². The summed E-state index contributed by atoms with van der Waals surface area (Å²) in [4.78, 5) is 0. The van der Waals surface area contributed by atoms with Gasteiger partial charge in [0.25, 0.3) is 0 Å². The van der Waals surface area contributed by atoms with Crippen molar-refractivity contribution >= 4 is 27.5 Å². The zero-order valence-electron chi connectivity index (χ0n) is 11.3. The fourth-order valence-electron chi connectivity index (χ4n) is 1.58. The van der Waals surface area contributed by atoms with E-state index in [9.17, 15) is 0 Å². The lowest BCUT2D eigenvalue weighted by molar-refractivity contribution is 0.418. The molecule has 0 aliphatic heterocycles. The van der Waals surface area contributed by atoms with Crippen molar-refractivity contribution in [3.8, 4) is 0 Å². The number of rotatable bonds is 6. The Labute approximate surface area is 124 Å². The van der Waals surface area contributed by atoms with Gasteiger partial charge in [-0.3, -0.25) is 0 Å². The van der Waals surface area contributed by atoms with Gasteiger partial charge in [0.2, 0.25) is 0 Å². The summed E-state index contributed by atoms with van der Waals surface area (Å²) in [5, 5.41) is 7.68. The predicted octanol–water partition coefficient (Wildman–Crippen LogP) is 3.97. The maximum absolute atomic E-state index is 6.19. The number of benzene rings is 1. The summed E-state index contributed by atoms with van der Waals surface area (Å²) in [5.41, 5.74) is 1.34. The minimum Gasteiger partial charge on any atom is -0.313 e. The number of nitrogens with one attached hydrogen (secondary N) is 2. The Kier molecular flexibility index (Phi) is 6.64. The molecule has 0 bridgehead atoms. The van der Waals surface area contributed by atoms with E-state index in [1.54, 1.807) is 0 Å². The van der Waals surface area contributed by atoms with Gasteiger partial charge in [-0.15, -0.1) is 0 Å². The summed E-state index contributed by atoms with van der Waals surface area (Å²) in [5.74, 6) is 0. The molecule has 0 aliphatic carbocycles. The van der Waals surface area contributed by atoms with Gasteiger partial charge < -0.3 is 10.6 Å². The van der Waals surface area contributed by atoms with Crippen molar-refractivity contribution in [2.24, 2.45) is 0 Å². The van der Waals surface area contributed by atoms with E-state index in [0.29, 0.717) is 0 Å². The molecule has 0 aliphatic rings. The molecule has 0 saturated heterocycles. The van der Waals surface area contributed by atoms with Crippen molar-refractivity contribution in [1.82, 2.24) is 10.6 Å². The molecule has 0 aromatic heterocycles. The van der Waals surface area contributed by atoms with Crippen LogP contribution in [0.15, 0.2) is 22.7 Å². The lowest BCUT2D eigenvalue weighted by atomic mass is 10.1. The molecule has 0 heterocycles. The topological polar surface area (TPSA) is 24.1 Å². The second-order valence-electron chi connectivity index (χ2n) is 5.42. The highest BCUT2D eigenvalue weighted by Gasteiger charge is 2.07. The Morgan fingerprint density at radius 2 is 1.94 bits per heavy atom. The first-order chi connectivity index (χ1) is 8.40.